The lowest BCUT2D eigenvalue weighted by molar-refractivity contribution is -0.122. The summed E-state index contributed by atoms with van der Waals surface area (Å²) in [6.07, 6.45) is 8.13. The molecule has 1 aromatic rings. The lowest BCUT2D eigenvalue weighted by Gasteiger charge is -2.24. The third kappa shape index (κ3) is 4.97. The summed E-state index contributed by atoms with van der Waals surface area (Å²) in [6.45, 7) is 0.668. The van der Waals surface area contributed by atoms with Crippen LogP contribution in [0, 0.1) is 5.92 Å². The Morgan fingerprint density at radius 1 is 1.20 bits per heavy atom. The van der Waals surface area contributed by atoms with Gasteiger partial charge in [0.25, 0.3) is 0 Å². The van der Waals surface area contributed by atoms with E-state index in [4.69, 9.17) is 5.73 Å². The van der Waals surface area contributed by atoms with Crippen LogP contribution in [0.5, 0.6) is 0 Å². The number of hydrogen-bond donors (Lipinski definition) is 2. The highest BCUT2D eigenvalue weighted by atomic mass is 16.2. The lowest BCUT2D eigenvalue weighted by atomic mass is 9.85. The van der Waals surface area contributed by atoms with Crippen molar-refractivity contribution in [3.63, 3.8) is 0 Å². The molecule has 3 heteroatoms. The van der Waals surface area contributed by atoms with Gasteiger partial charge in [-0.05, 0) is 24.3 Å². The maximum absolute atomic E-state index is 12.0. The zero-order valence-corrected chi connectivity index (χ0v) is 12.2. The summed E-state index contributed by atoms with van der Waals surface area (Å²) in [5.74, 6) is 0.658. The number of nitrogens with two attached hydrogens (primary N) is 1. The molecule has 1 amide bonds. The van der Waals surface area contributed by atoms with Gasteiger partial charge in [-0.3, -0.25) is 4.79 Å². The van der Waals surface area contributed by atoms with E-state index in [1.807, 2.05) is 18.2 Å². The topological polar surface area (TPSA) is 55.1 Å². The van der Waals surface area contributed by atoms with Gasteiger partial charge in [-0.2, -0.15) is 0 Å². The highest BCUT2D eigenvalue weighted by Gasteiger charge is 2.20. The zero-order chi connectivity index (χ0) is 14.2. The molecule has 1 aliphatic carbocycles. The second-order valence-electron chi connectivity index (χ2n) is 5.87. The van der Waals surface area contributed by atoms with Gasteiger partial charge < -0.3 is 11.1 Å². The van der Waals surface area contributed by atoms with Gasteiger partial charge in [-0.1, -0.05) is 62.4 Å². The first kappa shape index (κ1) is 15.0. The normalized spacial score (nSPS) is 17.6. The van der Waals surface area contributed by atoms with Crippen molar-refractivity contribution in [2.75, 3.05) is 6.54 Å². The van der Waals surface area contributed by atoms with Gasteiger partial charge in [-0.25, -0.2) is 0 Å². The van der Waals surface area contributed by atoms with Crippen LogP contribution in [0.4, 0.5) is 0 Å². The first-order valence-corrected chi connectivity index (χ1v) is 7.83. The maximum atomic E-state index is 12.0. The fourth-order valence-corrected chi connectivity index (χ4v) is 2.99. The van der Waals surface area contributed by atoms with Crippen LogP contribution in [0.25, 0.3) is 0 Å². The van der Waals surface area contributed by atoms with Gasteiger partial charge in [-0.15, -0.1) is 0 Å². The van der Waals surface area contributed by atoms with E-state index in [2.05, 4.69) is 17.4 Å². The minimum Gasteiger partial charge on any atom is -0.354 e. The summed E-state index contributed by atoms with van der Waals surface area (Å²) < 4.78 is 0. The molecule has 2 rings (SSSR count). The van der Waals surface area contributed by atoms with Gasteiger partial charge in [0.2, 0.25) is 5.91 Å². The van der Waals surface area contributed by atoms with Crippen molar-refractivity contribution in [2.45, 2.75) is 51.0 Å². The van der Waals surface area contributed by atoms with Crippen molar-refractivity contribution in [3.8, 4) is 0 Å². The molecule has 20 heavy (non-hydrogen) atoms. The van der Waals surface area contributed by atoms with Gasteiger partial charge in [0.05, 0.1) is 6.04 Å². The third-order valence-corrected chi connectivity index (χ3v) is 4.20. The fraction of sp³-hybridized carbons (Fsp3) is 0.588. The quantitative estimate of drug-likeness (QED) is 0.838. The predicted octanol–water partition coefficient (Wildman–Crippen LogP) is 2.64. The average molecular weight is 274 g/mol. The van der Waals surface area contributed by atoms with Crippen LogP contribution in [-0.2, 0) is 11.2 Å². The summed E-state index contributed by atoms with van der Waals surface area (Å²) >= 11 is 0. The number of hydrogen-bond acceptors (Lipinski definition) is 2. The Balaban J connectivity index is 1.65. The Kier molecular flexibility index (Phi) is 6.06. The molecule has 0 unspecified atom stereocenters. The Labute approximate surface area is 121 Å². The molecule has 110 valence electrons. The molecule has 1 fully saturated rings. The van der Waals surface area contributed by atoms with E-state index in [9.17, 15) is 4.79 Å². The molecule has 0 heterocycles. The van der Waals surface area contributed by atoms with Crippen LogP contribution in [0.1, 0.15) is 44.1 Å². The van der Waals surface area contributed by atoms with Gasteiger partial charge in [0, 0.05) is 6.54 Å². The van der Waals surface area contributed by atoms with Crippen molar-refractivity contribution in [1.82, 2.24) is 5.32 Å². The van der Waals surface area contributed by atoms with Crippen molar-refractivity contribution in [1.29, 1.82) is 0 Å². The van der Waals surface area contributed by atoms with Crippen LogP contribution >= 0.6 is 0 Å². The van der Waals surface area contributed by atoms with Gasteiger partial charge in [0.1, 0.15) is 0 Å². The monoisotopic (exact) mass is 274 g/mol. The molecule has 1 aromatic carbocycles. The minimum atomic E-state index is -0.339. The summed E-state index contributed by atoms with van der Waals surface area (Å²) in [4.78, 5) is 12.0. The second-order valence-corrected chi connectivity index (χ2v) is 5.87. The Hall–Kier alpha value is -1.35. The van der Waals surface area contributed by atoms with Crippen molar-refractivity contribution in [2.24, 2.45) is 11.7 Å². The van der Waals surface area contributed by atoms with Crippen LogP contribution < -0.4 is 11.1 Å². The standard InChI is InChI=1S/C17H26N2O/c18-16(13-15-9-5-2-6-10-15)17(20)19-12-11-14-7-3-1-4-8-14/h1,3-4,7-8,15-16H,2,5-6,9-13,18H2,(H,19,20)/t16-/m1/s1. The van der Waals surface area contributed by atoms with E-state index in [0.29, 0.717) is 12.5 Å². The zero-order valence-electron chi connectivity index (χ0n) is 12.2. The molecule has 1 saturated carbocycles. The average Bonchev–Trinajstić information content (AvgIpc) is 2.49. The summed E-state index contributed by atoms with van der Waals surface area (Å²) in [5.41, 5.74) is 7.26. The molecule has 0 aromatic heterocycles. The van der Waals surface area contributed by atoms with Gasteiger partial charge in [0.15, 0.2) is 0 Å². The molecule has 0 aliphatic heterocycles. The summed E-state index contributed by atoms with van der Waals surface area (Å²) in [7, 11) is 0. The summed E-state index contributed by atoms with van der Waals surface area (Å²) in [5, 5.41) is 2.96. The first-order chi connectivity index (χ1) is 9.75. The first-order valence-electron chi connectivity index (χ1n) is 7.83. The van der Waals surface area contributed by atoms with Crippen molar-refractivity contribution >= 4 is 5.91 Å². The largest absolute Gasteiger partial charge is 0.354 e. The molecule has 0 radical (unpaired) electrons. The SMILES string of the molecule is N[C@H](CC1CCCCC1)C(=O)NCCc1ccccc1. The third-order valence-electron chi connectivity index (χ3n) is 4.20. The minimum absolute atomic E-state index is 0.00602. The number of benzene rings is 1. The van der Waals surface area contributed by atoms with E-state index in [-0.39, 0.29) is 11.9 Å². The predicted molar refractivity (Wildman–Crippen MR) is 82.3 cm³/mol. The van der Waals surface area contributed by atoms with Gasteiger partial charge >= 0.3 is 0 Å². The molecule has 0 saturated heterocycles. The summed E-state index contributed by atoms with van der Waals surface area (Å²) in [6, 6.07) is 9.86. The molecule has 3 N–H and O–H groups in total. The lowest BCUT2D eigenvalue weighted by Crippen LogP contribution is -2.42. The van der Waals surface area contributed by atoms with E-state index >= 15 is 0 Å². The number of rotatable bonds is 6. The van der Waals surface area contributed by atoms with Crippen LogP contribution in [0.3, 0.4) is 0 Å². The number of carbonyl (C=O) groups is 1. The Bertz CT molecular complexity index is 399. The molecular weight excluding hydrogens is 248 g/mol. The molecule has 0 spiro atoms. The Morgan fingerprint density at radius 2 is 1.90 bits per heavy atom. The Morgan fingerprint density at radius 3 is 2.60 bits per heavy atom. The second kappa shape index (κ2) is 8.05. The van der Waals surface area contributed by atoms with Crippen LogP contribution in [0.15, 0.2) is 30.3 Å². The molecule has 3 nitrogen and oxygen atoms in total. The number of nitrogens with one attached hydrogen (secondary N) is 1. The molecular formula is C17H26N2O. The smallest absolute Gasteiger partial charge is 0.236 e. The van der Waals surface area contributed by atoms with Crippen molar-refractivity contribution < 1.29 is 4.79 Å². The molecule has 0 bridgehead atoms. The van der Waals surface area contributed by atoms with E-state index in [1.54, 1.807) is 0 Å². The van der Waals surface area contributed by atoms with E-state index < -0.39 is 0 Å². The van der Waals surface area contributed by atoms with E-state index in [0.717, 1.165) is 12.8 Å². The number of carbonyl (C=O) groups excluding carboxylic acids is 1. The highest BCUT2D eigenvalue weighted by molar-refractivity contribution is 5.81. The number of amides is 1. The fourth-order valence-electron chi connectivity index (χ4n) is 2.99. The maximum Gasteiger partial charge on any atom is 0.236 e. The van der Waals surface area contributed by atoms with Crippen molar-refractivity contribution in [3.05, 3.63) is 35.9 Å². The van der Waals surface area contributed by atoms with E-state index in [1.165, 1.54) is 37.7 Å². The van der Waals surface area contributed by atoms with Crippen LogP contribution in [-0.4, -0.2) is 18.5 Å². The van der Waals surface area contributed by atoms with Crippen LogP contribution in [0.2, 0.25) is 0 Å². The highest BCUT2D eigenvalue weighted by Crippen LogP contribution is 2.26. The molecule has 1 atom stereocenters. The molecule has 1 aliphatic rings.